The van der Waals surface area contributed by atoms with Crippen LogP contribution in [0.4, 0.5) is 5.69 Å². The van der Waals surface area contributed by atoms with E-state index in [0.29, 0.717) is 42.6 Å². The minimum absolute atomic E-state index is 0.209. The molecule has 27 heavy (non-hydrogen) atoms. The van der Waals surface area contributed by atoms with Crippen molar-refractivity contribution in [2.75, 3.05) is 18.5 Å². The van der Waals surface area contributed by atoms with Gasteiger partial charge >= 0.3 is 0 Å². The molecule has 0 bridgehead atoms. The molecule has 1 N–H and O–H groups in total. The summed E-state index contributed by atoms with van der Waals surface area (Å²) in [5.41, 5.74) is -0.0257. The first-order valence-corrected chi connectivity index (χ1v) is 9.98. The zero-order valence-corrected chi connectivity index (χ0v) is 17.4. The van der Waals surface area contributed by atoms with Crippen molar-refractivity contribution < 1.29 is 14.3 Å². The van der Waals surface area contributed by atoms with Gasteiger partial charge in [-0.15, -0.1) is 0 Å². The van der Waals surface area contributed by atoms with Crippen LogP contribution in [-0.2, 0) is 9.53 Å². The fourth-order valence-electron chi connectivity index (χ4n) is 2.62. The molecule has 0 fully saturated rings. The number of carbonyl (C=O) groups excluding carboxylic acids is 1. The van der Waals surface area contributed by atoms with Crippen LogP contribution in [0, 0.1) is 17.2 Å². The third-order valence-electron chi connectivity index (χ3n) is 4.31. The minimum atomic E-state index is -0.898. The molecule has 1 atom stereocenters. The van der Waals surface area contributed by atoms with Crippen LogP contribution in [0.5, 0.6) is 5.75 Å². The van der Waals surface area contributed by atoms with E-state index in [0.717, 1.165) is 25.7 Å². The van der Waals surface area contributed by atoms with Gasteiger partial charge in [-0.2, -0.15) is 5.26 Å². The van der Waals surface area contributed by atoms with Crippen molar-refractivity contribution in [3.8, 4) is 11.8 Å². The second-order valence-electron chi connectivity index (χ2n) is 7.51. The highest BCUT2D eigenvalue weighted by molar-refractivity contribution is 5.98. The molecule has 0 aliphatic rings. The Balaban J connectivity index is 2.91. The van der Waals surface area contributed by atoms with Crippen molar-refractivity contribution in [1.82, 2.24) is 0 Å². The first-order valence-electron chi connectivity index (χ1n) is 9.98. The molecular formula is C22H34N2O3. The predicted molar refractivity (Wildman–Crippen MR) is 109 cm³/mol. The van der Waals surface area contributed by atoms with Gasteiger partial charge in [-0.1, -0.05) is 47.0 Å². The second kappa shape index (κ2) is 11.6. The molecule has 5 nitrogen and oxygen atoms in total. The predicted octanol–water partition coefficient (Wildman–Crippen LogP) is 5.30. The first kappa shape index (κ1) is 23.0. The normalized spacial score (nSPS) is 13.1. The molecular weight excluding hydrogens is 340 g/mol. The molecule has 1 aromatic rings. The molecule has 5 heteroatoms. The fourth-order valence-corrected chi connectivity index (χ4v) is 2.62. The number of hydrogen-bond donors (Lipinski definition) is 1. The smallest absolute Gasteiger partial charge is 0.256 e. The van der Waals surface area contributed by atoms with Gasteiger partial charge in [0.2, 0.25) is 0 Å². The van der Waals surface area contributed by atoms with Gasteiger partial charge in [-0.3, -0.25) is 4.79 Å². The Bertz CT molecular complexity index is 637. The fraction of sp³-hybridized carbons (Fsp3) is 0.636. The van der Waals surface area contributed by atoms with E-state index in [9.17, 15) is 10.1 Å². The Hall–Kier alpha value is -2.06. The van der Waals surface area contributed by atoms with Gasteiger partial charge in [0, 0.05) is 6.61 Å². The lowest BCUT2D eigenvalue weighted by atomic mass is 9.96. The van der Waals surface area contributed by atoms with Gasteiger partial charge in [0.05, 0.1) is 17.9 Å². The van der Waals surface area contributed by atoms with E-state index in [4.69, 9.17) is 9.47 Å². The van der Waals surface area contributed by atoms with E-state index in [2.05, 4.69) is 32.2 Å². The zero-order chi connectivity index (χ0) is 20.3. The average molecular weight is 375 g/mol. The number of ether oxygens (including phenoxy) is 2. The molecule has 1 amide bonds. The van der Waals surface area contributed by atoms with Crippen molar-refractivity contribution in [1.29, 1.82) is 5.26 Å². The molecule has 1 unspecified atom stereocenters. The number of amides is 1. The molecule has 0 saturated carbocycles. The third kappa shape index (κ3) is 7.60. The Morgan fingerprint density at radius 2 is 2.00 bits per heavy atom. The van der Waals surface area contributed by atoms with Gasteiger partial charge in [0.15, 0.2) is 0 Å². The largest absolute Gasteiger partial charge is 0.493 e. The average Bonchev–Trinajstić information content (AvgIpc) is 2.65. The van der Waals surface area contributed by atoms with E-state index >= 15 is 0 Å². The Morgan fingerprint density at radius 1 is 1.26 bits per heavy atom. The van der Waals surface area contributed by atoms with Crippen LogP contribution in [-0.4, -0.2) is 24.7 Å². The summed E-state index contributed by atoms with van der Waals surface area (Å²) in [5, 5.41) is 12.4. The summed E-state index contributed by atoms with van der Waals surface area (Å²) in [6.45, 7) is 11.2. The van der Waals surface area contributed by atoms with Gasteiger partial charge < -0.3 is 14.8 Å². The Kier molecular flexibility index (Phi) is 9.88. The Labute approximate surface area is 164 Å². The molecule has 0 heterocycles. The van der Waals surface area contributed by atoms with E-state index < -0.39 is 5.60 Å². The second-order valence-corrected chi connectivity index (χ2v) is 7.51. The quantitative estimate of drug-likeness (QED) is 0.504. The van der Waals surface area contributed by atoms with Crippen molar-refractivity contribution in [2.24, 2.45) is 5.92 Å². The summed E-state index contributed by atoms with van der Waals surface area (Å²) in [7, 11) is 0. The molecule has 150 valence electrons. The van der Waals surface area contributed by atoms with Crippen molar-refractivity contribution >= 4 is 11.6 Å². The molecule has 0 aromatic heterocycles. The number of rotatable bonds is 12. The Morgan fingerprint density at radius 3 is 2.59 bits per heavy atom. The van der Waals surface area contributed by atoms with Crippen molar-refractivity contribution in [2.45, 2.75) is 72.3 Å². The lowest BCUT2D eigenvalue weighted by molar-refractivity contribution is -0.140. The summed E-state index contributed by atoms with van der Waals surface area (Å²) in [4.78, 5) is 12.9. The molecule has 0 radical (unpaired) electrons. The standard InChI is InChI=1S/C22H34N2O3/c1-6-8-9-12-22(5,27-13-7-2)21(25)24-20-11-10-19(14-18(20)15-23)26-16-17(3)4/h10-11,14,17H,6-9,12-13,16H2,1-5H3,(H,24,25). The topological polar surface area (TPSA) is 71.3 Å². The monoisotopic (exact) mass is 374 g/mol. The number of unbranched alkanes of at least 4 members (excludes halogenated alkanes) is 2. The van der Waals surface area contributed by atoms with Gasteiger partial charge in [-0.25, -0.2) is 0 Å². The zero-order valence-electron chi connectivity index (χ0n) is 17.4. The number of carbonyl (C=O) groups is 1. The maximum absolute atomic E-state index is 12.9. The van der Waals surface area contributed by atoms with Crippen LogP contribution in [0.1, 0.15) is 72.3 Å². The van der Waals surface area contributed by atoms with Crippen LogP contribution in [0.25, 0.3) is 0 Å². The number of nitriles is 1. The van der Waals surface area contributed by atoms with E-state index in [1.165, 1.54) is 0 Å². The van der Waals surface area contributed by atoms with Crippen LogP contribution in [0.2, 0.25) is 0 Å². The summed E-state index contributed by atoms with van der Waals surface area (Å²) < 4.78 is 11.6. The highest BCUT2D eigenvalue weighted by Crippen LogP contribution is 2.26. The molecule has 1 aromatic carbocycles. The van der Waals surface area contributed by atoms with E-state index in [-0.39, 0.29) is 5.91 Å². The summed E-state index contributed by atoms with van der Waals surface area (Å²) in [6.07, 6.45) is 4.58. The maximum Gasteiger partial charge on any atom is 0.256 e. The molecule has 0 spiro atoms. The minimum Gasteiger partial charge on any atom is -0.493 e. The van der Waals surface area contributed by atoms with Crippen LogP contribution in [0.15, 0.2) is 18.2 Å². The van der Waals surface area contributed by atoms with Crippen molar-refractivity contribution in [3.63, 3.8) is 0 Å². The van der Waals surface area contributed by atoms with E-state index in [1.807, 2.05) is 13.8 Å². The van der Waals surface area contributed by atoms with Crippen LogP contribution < -0.4 is 10.1 Å². The highest BCUT2D eigenvalue weighted by atomic mass is 16.5. The number of nitrogens with zero attached hydrogens (tertiary/aromatic N) is 1. The number of anilines is 1. The molecule has 0 aliphatic carbocycles. The lowest BCUT2D eigenvalue weighted by Crippen LogP contribution is -2.43. The van der Waals surface area contributed by atoms with Crippen molar-refractivity contribution in [3.05, 3.63) is 23.8 Å². The number of benzene rings is 1. The van der Waals surface area contributed by atoms with Gasteiger partial charge in [-0.05, 0) is 43.9 Å². The summed E-state index contributed by atoms with van der Waals surface area (Å²) in [6, 6.07) is 7.30. The first-order chi connectivity index (χ1) is 12.9. The summed E-state index contributed by atoms with van der Waals surface area (Å²) >= 11 is 0. The molecule has 1 rings (SSSR count). The number of nitrogens with one attached hydrogen (secondary N) is 1. The van der Waals surface area contributed by atoms with Gasteiger partial charge in [0.1, 0.15) is 17.4 Å². The lowest BCUT2D eigenvalue weighted by Gasteiger charge is -2.29. The SMILES string of the molecule is CCCCCC(C)(OCCC)C(=O)Nc1ccc(OCC(C)C)cc1C#N. The summed E-state index contributed by atoms with van der Waals surface area (Å²) in [5.74, 6) is 0.819. The molecule has 0 saturated heterocycles. The number of hydrogen-bond acceptors (Lipinski definition) is 4. The third-order valence-corrected chi connectivity index (χ3v) is 4.31. The van der Waals surface area contributed by atoms with Crippen LogP contribution in [0.3, 0.4) is 0 Å². The van der Waals surface area contributed by atoms with Gasteiger partial charge in [0.25, 0.3) is 5.91 Å². The highest BCUT2D eigenvalue weighted by Gasteiger charge is 2.34. The molecule has 0 aliphatic heterocycles. The van der Waals surface area contributed by atoms with E-state index in [1.54, 1.807) is 18.2 Å². The van der Waals surface area contributed by atoms with Crippen LogP contribution >= 0.6 is 0 Å². The maximum atomic E-state index is 12.9.